The number of hydrazine groups is 1. The van der Waals surface area contributed by atoms with Crippen molar-refractivity contribution in [3.8, 4) is 5.75 Å². The Labute approximate surface area is 124 Å². The summed E-state index contributed by atoms with van der Waals surface area (Å²) in [5.41, 5.74) is 5.43. The van der Waals surface area contributed by atoms with Crippen molar-refractivity contribution in [2.75, 3.05) is 26.1 Å². The van der Waals surface area contributed by atoms with E-state index >= 15 is 0 Å². The number of carbonyl (C=O) groups is 2. The number of rotatable bonds is 7. The zero-order chi connectivity index (χ0) is 15.7. The highest BCUT2D eigenvalue weighted by molar-refractivity contribution is 5.84. The van der Waals surface area contributed by atoms with Crippen LogP contribution in [0.2, 0.25) is 0 Å². The van der Waals surface area contributed by atoms with Crippen LogP contribution >= 0.6 is 0 Å². The Morgan fingerprint density at radius 2 is 1.71 bits per heavy atom. The Balaban J connectivity index is 2.25. The number of amides is 2. The van der Waals surface area contributed by atoms with E-state index in [0.717, 1.165) is 11.4 Å². The van der Waals surface area contributed by atoms with Gasteiger partial charge in [-0.2, -0.15) is 0 Å². The van der Waals surface area contributed by atoms with Crippen molar-refractivity contribution in [3.63, 3.8) is 0 Å². The van der Waals surface area contributed by atoms with E-state index in [1.165, 1.54) is 7.11 Å². The molecule has 21 heavy (non-hydrogen) atoms. The molecule has 7 nitrogen and oxygen atoms in total. The van der Waals surface area contributed by atoms with Gasteiger partial charge in [0.25, 0.3) is 5.91 Å². The Hall–Kier alpha value is -2.28. The molecule has 0 radical (unpaired) electrons. The third kappa shape index (κ3) is 6.62. The van der Waals surface area contributed by atoms with Crippen molar-refractivity contribution in [1.29, 1.82) is 0 Å². The minimum Gasteiger partial charge on any atom is -0.497 e. The van der Waals surface area contributed by atoms with Crippen LogP contribution < -0.4 is 20.9 Å². The predicted molar refractivity (Wildman–Crippen MR) is 78.9 cm³/mol. The van der Waals surface area contributed by atoms with E-state index in [-0.39, 0.29) is 30.9 Å². The summed E-state index contributed by atoms with van der Waals surface area (Å²) < 4.78 is 9.99. The third-order valence-electron chi connectivity index (χ3n) is 2.76. The molecule has 1 rings (SSSR count). The number of ether oxygens (including phenoxy) is 2. The van der Waals surface area contributed by atoms with Crippen molar-refractivity contribution in [1.82, 2.24) is 10.9 Å². The fraction of sp³-hybridized carbons (Fsp3) is 0.429. The monoisotopic (exact) mass is 295 g/mol. The van der Waals surface area contributed by atoms with Gasteiger partial charge in [0.15, 0.2) is 0 Å². The van der Waals surface area contributed by atoms with Crippen LogP contribution in [0.4, 0.5) is 5.69 Å². The lowest BCUT2D eigenvalue weighted by Crippen LogP contribution is -2.44. The lowest BCUT2D eigenvalue weighted by atomic mass is 10.3. The summed E-state index contributed by atoms with van der Waals surface area (Å²) in [5, 5.41) is 2.93. The summed E-state index contributed by atoms with van der Waals surface area (Å²) in [7, 11) is 3.11. The summed E-state index contributed by atoms with van der Waals surface area (Å²) in [6.07, 6.45) is -0.0118. The first-order valence-electron chi connectivity index (χ1n) is 6.53. The quantitative estimate of drug-likeness (QED) is 0.644. The van der Waals surface area contributed by atoms with Crippen molar-refractivity contribution in [2.45, 2.75) is 19.4 Å². The average Bonchev–Trinajstić information content (AvgIpc) is 2.51. The average molecular weight is 295 g/mol. The summed E-state index contributed by atoms with van der Waals surface area (Å²) in [4.78, 5) is 23.0. The SMILES string of the molecule is COc1ccc(NCC(=O)NNC(=O)CC(C)OC)cc1. The first-order chi connectivity index (χ1) is 10.0. The molecular formula is C14H21N3O4. The van der Waals surface area contributed by atoms with Crippen LogP contribution in [-0.4, -0.2) is 38.7 Å². The maximum atomic E-state index is 11.6. The highest BCUT2D eigenvalue weighted by Crippen LogP contribution is 2.14. The summed E-state index contributed by atoms with van der Waals surface area (Å²) in [5.74, 6) is 0.0934. The molecule has 1 aromatic carbocycles. The van der Waals surface area contributed by atoms with Crippen LogP contribution in [0.5, 0.6) is 5.75 Å². The van der Waals surface area contributed by atoms with Crippen LogP contribution in [0.1, 0.15) is 13.3 Å². The second kappa shape index (κ2) is 8.80. The number of hydrogen-bond donors (Lipinski definition) is 3. The van der Waals surface area contributed by atoms with Gasteiger partial charge in [0.05, 0.1) is 26.2 Å². The second-order valence-corrected chi connectivity index (χ2v) is 4.43. The Kier molecular flexibility index (Phi) is 7.03. The normalized spacial score (nSPS) is 11.4. The van der Waals surface area contributed by atoms with Crippen molar-refractivity contribution >= 4 is 17.5 Å². The van der Waals surface area contributed by atoms with E-state index < -0.39 is 0 Å². The van der Waals surface area contributed by atoms with Crippen molar-refractivity contribution < 1.29 is 19.1 Å². The Bertz CT molecular complexity index is 462. The zero-order valence-corrected chi connectivity index (χ0v) is 12.4. The molecule has 0 aliphatic carbocycles. The van der Waals surface area contributed by atoms with Gasteiger partial charge in [-0.1, -0.05) is 0 Å². The standard InChI is InChI=1S/C14H21N3O4/c1-10(20-2)8-13(18)16-17-14(19)9-15-11-4-6-12(21-3)7-5-11/h4-7,10,15H,8-9H2,1-3H3,(H,16,18)(H,17,19). The predicted octanol–water partition coefficient (Wildman–Crippen LogP) is 0.679. The summed E-state index contributed by atoms with van der Waals surface area (Å²) >= 11 is 0. The Morgan fingerprint density at radius 1 is 1.10 bits per heavy atom. The summed E-state index contributed by atoms with van der Waals surface area (Å²) in [6.45, 7) is 1.82. The molecule has 0 bridgehead atoms. The fourth-order valence-electron chi connectivity index (χ4n) is 1.47. The molecule has 3 N–H and O–H groups in total. The zero-order valence-electron chi connectivity index (χ0n) is 12.4. The van der Waals surface area contributed by atoms with Crippen LogP contribution in [0, 0.1) is 0 Å². The molecular weight excluding hydrogens is 274 g/mol. The van der Waals surface area contributed by atoms with Crippen LogP contribution in [0.3, 0.4) is 0 Å². The summed E-state index contributed by atoms with van der Waals surface area (Å²) in [6, 6.07) is 7.16. The maximum absolute atomic E-state index is 11.6. The molecule has 0 saturated carbocycles. The lowest BCUT2D eigenvalue weighted by Gasteiger charge is -2.11. The molecule has 1 aromatic rings. The van der Waals surface area contributed by atoms with Gasteiger partial charge in [-0.3, -0.25) is 20.4 Å². The fourth-order valence-corrected chi connectivity index (χ4v) is 1.47. The number of anilines is 1. The molecule has 2 amide bonds. The molecule has 1 atom stereocenters. The Morgan fingerprint density at radius 3 is 2.29 bits per heavy atom. The molecule has 0 spiro atoms. The minimum atomic E-state index is -0.343. The minimum absolute atomic E-state index is 0.0481. The van der Waals surface area contributed by atoms with Gasteiger partial charge in [0.1, 0.15) is 5.75 Å². The van der Waals surface area contributed by atoms with Gasteiger partial charge in [-0.15, -0.1) is 0 Å². The van der Waals surface area contributed by atoms with E-state index in [1.54, 1.807) is 38.3 Å². The molecule has 1 unspecified atom stereocenters. The van der Waals surface area contributed by atoms with Gasteiger partial charge >= 0.3 is 0 Å². The number of methoxy groups -OCH3 is 2. The van der Waals surface area contributed by atoms with E-state index in [2.05, 4.69) is 16.2 Å². The van der Waals surface area contributed by atoms with Crippen LogP contribution in [-0.2, 0) is 14.3 Å². The van der Waals surface area contributed by atoms with Crippen LogP contribution in [0.25, 0.3) is 0 Å². The van der Waals surface area contributed by atoms with Gasteiger partial charge in [-0.05, 0) is 31.2 Å². The molecule has 0 aliphatic rings. The van der Waals surface area contributed by atoms with Gasteiger partial charge in [0.2, 0.25) is 5.91 Å². The maximum Gasteiger partial charge on any atom is 0.257 e. The third-order valence-corrected chi connectivity index (χ3v) is 2.76. The van der Waals surface area contributed by atoms with Crippen LogP contribution in [0.15, 0.2) is 24.3 Å². The number of hydrogen-bond acceptors (Lipinski definition) is 5. The highest BCUT2D eigenvalue weighted by Gasteiger charge is 2.08. The lowest BCUT2D eigenvalue weighted by molar-refractivity contribution is -0.129. The molecule has 0 aliphatic heterocycles. The topological polar surface area (TPSA) is 88.7 Å². The largest absolute Gasteiger partial charge is 0.497 e. The van der Waals surface area contributed by atoms with E-state index in [0.29, 0.717) is 0 Å². The van der Waals surface area contributed by atoms with Gasteiger partial charge < -0.3 is 14.8 Å². The van der Waals surface area contributed by atoms with Gasteiger partial charge in [0, 0.05) is 12.8 Å². The molecule has 0 fully saturated rings. The smallest absolute Gasteiger partial charge is 0.257 e. The number of carbonyl (C=O) groups excluding carboxylic acids is 2. The molecule has 0 saturated heterocycles. The second-order valence-electron chi connectivity index (χ2n) is 4.43. The van der Waals surface area contributed by atoms with Crippen molar-refractivity contribution in [2.24, 2.45) is 0 Å². The molecule has 7 heteroatoms. The van der Waals surface area contributed by atoms with Gasteiger partial charge in [-0.25, -0.2) is 0 Å². The van der Waals surface area contributed by atoms with E-state index in [9.17, 15) is 9.59 Å². The number of nitrogens with one attached hydrogen (secondary N) is 3. The first-order valence-corrected chi connectivity index (χ1v) is 6.53. The molecule has 116 valence electrons. The van der Waals surface area contributed by atoms with E-state index in [1.807, 2.05) is 0 Å². The molecule has 0 aromatic heterocycles. The number of benzene rings is 1. The van der Waals surface area contributed by atoms with Crippen molar-refractivity contribution in [3.05, 3.63) is 24.3 Å². The van der Waals surface area contributed by atoms with E-state index in [4.69, 9.17) is 9.47 Å². The highest BCUT2D eigenvalue weighted by atomic mass is 16.5. The molecule has 0 heterocycles. The first kappa shape index (κ1) is 16.8.